The zero-order valence-electron chi connectivity index (χ0n) is 10.3. The van der Waals surface area contributed by atoms with Gasteiger partial charge < -0.3 is 0 Å². The standard InChI is InChI=1S/C15H10ClIN2O/c16-12-6-7-13-11(8-12)9-18-15(20)19(13)14(17)10-4-2-1-3-5-10/h1-9,14H. The Kier molecular flexibility index (Phi) is 3.76. The van der Waals surface area contributed by atoms with Crippen molar-refractivity contribution in [3.05, 3.63) is 75.8 Å². The fourth-order valence-corrected chi connectivity index (χ4v) is 3.25. The van der Waals surface area contributed by atoms with Crippen LogP contribution in [0.4, 0.5) is 0 Å². The minimum absolute atomic E-state index is 0.112. The SMILES string of the molecule is O=c1ncc2cc(Cl)ccc2n1C(I)c1ccccc1. The summed E-state index contributed by atoms with van der Waals surface area (Å²) in [7, 11) is 0. The van der Waals surface area contributed by atoms with Crippen LogP contribution in [-0.4, -0.2) is 9.55 Å². The van der Waals surface area contributed by atoms with Gasteiger partial charge >= 0.3 is 5.69 Å². The molecule has 1 unspecified atom stereocenters. The molecular formula is C15H10ClIN2O. The molecule has 0 aliphatic carbocycles. The summed E-state index contributed by atoms with van der Waals surface area (Å²) in [6, 6.07) is 15.3. The van der Waals surface area contributed by atoms with Crippen molar-refractivity contribution in [2.45, 2.75) is 4.05 Å². The van der Waals surface area contributed by atoms with E-state index in [0.29, 0.717) is 5.02 Å². The second kappa shape index (κ2) is 5.54. The first-order valence-corrected chi connectivity index (χ1v) is 7.65. The largest absolute Gasteiger partial charge is 0.349 e. The van der Waals surface area contributed by atoms with Crippen LogP contribution in [0.1, 0.15) is 9.61 Å². The monoisotopic (exact) mass is 396 g/mol. The first-order chi connectivity index (χ1) is 9.66. The highest BCUT2D eigenvalue weighted by atomic mass is 127. The van der Waals surface area contributed by atoms with E-state index in [2.05, 4.69) is 27.6 Å². The van der Waals surface area contributed by atoms with E-state index in [4.69, 9.17) is 11.6 Å². The summed E-state index contributed by atoms with van der Waals surface area (Å²) in [6.07, 6.45) is 1.56. The molecule has 0 spiro atoms. The fourth-order valence-electron chi connectivity index (χ4n) is 2.12. The van der Waals surface area contributed by atoms with Gasteiger partial charge in [0.1, 0.15) is 4.05 Å². The van der Waals surface area contributed by atoms with Gasteiger partial charge in [0.15, 0.2) is 0 Å². The van der Waals surface area contributed by atoms with Gasteiger partial charge in [-0.25, -0.2) is 9.78 Å². The minimum atomic E-state index is -0.261. The molecular weight excluding hydrogens is 387 g/mol. The average molecular weight is 397 g/mol. The molecule has 0 aliphatic rings. The highest BCUT2D eigenvalue weighted by Crippen LogP contribution is 2.27. The number of hydrogen-bond donors (Lipinski definition) is 0. The molecule has 1 atom stereocenters. The van der Waals surface area contributed by atoms with E-state index in [0.717, 1.165) is 16.5 Å². The zero-order valence-corrected chi connectivity index (χ0v) is 13.2. The normalized spacial score (nSPS) is 12.5. The molecule has 3 aromatic rings. The lowest BCUT2D eigenvalue weighted by Gasteiger charge is -2.16. The molecule has 0 saturated carbocycles. The number of rotatable bonds is 2. The van der Waals surface area contributed by atoms with Crippen LogP contribution in [-0.2, 0) is 0 Å². The maximum Gasteiger partial charge on any atom is 0.349 e. The van der Waals surface area contributed by atoms with E-state index >= 15 is 0 Å². The maximum atomic E-state index is 12.1. The predicted molar refractivity (Wildman–Crippen MR) is 89.6 cm³/mol. The summed E-state index contributed by atoms with van der Waals surface area (Å²) in [5.41, 5.74) is 1.63. The van der Waals surface area contributed by atoms with Crippen molar-refractivity contribution >= 4 is 45.1 Å². The summed E-state index contributed by atoms with van der Waals surface area (Å²) in [5.74, 6) is 0. The van der Waals surface area contributed by atoms with Crippen molar-refractivity contribution in [1.82, 2.24) is 9.55 Å². The van der Waals surface area contributed by atoms with Crippen LogP contribution in [0.3, 0.4) is 0 Å². The molecule has 0 amide bonds. The van der Waals surface area contributed by atoms with Gasteiger partial charge in [0.05, 0.1) is 5.52 Å². The lowest BCUT2D eigenvalue weighted by molar-refractivity contribution is 0.767. The van der Waals surface area contributed by atoms with Gasteiger partial charge in [0.2, 0.25) is 0 Å². The lowest BCUT2D eigenvalue weighted by atomic mass is 10.2. The first-order valence-electron chi connectivity index (χ1n) is 6.02. The molecule has 0 aliphatic heterocycles. The Labute approximate surface area is 134 Å². The van der Waals surface area contributed by atoms with Gasteiger partial charge in [-0.2, -0.15) is 0 Å². The number of hydrogen-bond acceptors (Lipinski definition) is 2. The molecule has 5 heteroatoms. The third kappa shape index (κ3) is 2.45. The fraction of sp³-hybridized carbons (Fsp3) is 0.0667. The van der Waals surface area contributed by atoms with Crippen LogP contribution in [0.25, 0.3) is 10.9 Å². The van der Waals surface area contributed by atoms with E-state index < -0.39 is 0 Å². The maximum absolute atomic E-state index is 12.1. The van der Waals surface area contributed by atoms with Crippen molar-refractivity contribution in [3.8, 4) is 0 Å². The molecule has 0 fully saturated rings. The summed E-state index contributed by atoms with van der Waals surface area (Å²) in [6.45, 7) is 0. The molecule has 100 valence electrons. The molecule has 0 N–H and O–H groups in total. The Balaban J connectivity index is 2.25. The van der Waals surface area contributed by atoms with Crippen molar-refractivity contribution in [2.24, 2.45) is 0 Å². The van der Waals surface area contributed by atoms with Gasteiger partial charge in [-0.1, -0.05) is 64.5 Å². The Morgan fingerprint density at radius 2 is 1.90 bits per heavy atom. The molecule has 0 saturated heterocycles. The van der Waals surface area contributed by atoms with E-state index in [-0.39, 0.29) is 9.74 Å². The number of nitrogens with zero attached hydrogens (tertiary/aromatic N) is 2. The smallest absolute Gasteiger partial charge is 0.275 e. The van der Waals surface area contributed by atoms with Crippen LogP contribution in [0.5, 0.6) is 0 Å². The molecule has 0 bridgehead atoms. The van der Waals surface area contributed by atoms with Crippen molar-refractivity contribution in [3.63, 3.8) is 0 Å². The first kappa shape index (κ1) is 13.6. The van der Waals surface area contributed by atoms with Crippen LogP contribution >= 0.6 is 34.2 Å². The third-order valence-electron chi connectivity index (χ3n) is 3.07. The minimum Gasteiger partial charge on any atom is -0.275 e. The highest BCUT2D eigenvalue weighted by molar-refractivity contribution is 14.1. The topological polar surface area (TPSA) is 34.9 Å². The third-order valence-corrected chi connectivity index (χ3v) is 4.58. The molecule has 3 nitrogen and oxygen atoms in total. The number of alkyl halides is 1. The Bertz CT molecular complexity index is 817. The summed E-state index contributed by atoms with van der Waals surface area (Å²) < 4.78 is 1.57. The summed E-state index contributed by atoms with van der Waals surface area (Å²) >= 11 is 8.24. The lowest BCUT2D eigenvalue weighted by Crippen LogP contribution is -2.25. The van der Waals surface area contributed by atoms with Gasteiger partial charge in [0, 0.05) is 16.6 Å². The van der Waals surface area contributed by atoms with E-state index in [1.54, 1.807) is 16.8 Å². The van der Waals surface area contributed by atoms with Crippen molar-refractivity contribution in [2.75, 3.05) is 0 Å². The molecule has 0 radical (unpaired) electrons. The van der Waals surface area contributed by atoms with E-state index in [1.165, 1.54) is 0 Å². The zero-order chi connectivity index (χ0) is 14.1. The van der Waals surface area contributed by atoms with Crippen LogP contribution in [0, 0.1) is 0 Å². The summed E-state index contributed by atoms with van der Waals surface area (Å²) in [5, 5.41) is 1.49. The number of halogens is 2. The molecule has 1 heterocycles. The average Bonchev–Trinajstić information content (AvgIpc) is 2.48. The van der Waals surface area contributed by atoms with Gasteiger partial charge in [-0.15, -0.1) is 0 Å². The molecule has 20 heavy (non-hydrogen) atoms. The quantitative estimate of drug-likeness (QED) is 0.484. The van der Waals surface area contributed by atoms with E-state index in [9.17, 15) is 4.79 Å². The molecule has 2 aromatic carbocycles. The Morgan fingerprint density at radius 3 is 2.65 bits per heavy atom. The Hall–Kier alpha value is -1.40. The Morgan fingerprint density at radius 1 is 1.15 bits per heavy atom. The van der Waals surface area contributed by atoms with Crippen LogP contribution < -0.4 is 5.69 Å². The van der Waals surface area contributed by atoms with Crippen molar-refractivity contribution in [1.29, 1.82) is 0 Å². The van der Waals surface area contributed by atoms with Crippen LogP contribution in [0.2, 0.25) is 5.02 Å². The van der Waals surface area contributed by atoms with Gasteiger partial charge in [-0.3, -0.25) is 4.57 Å². The van der Waals surface area contributed by atoms with E-state index in [1.807, 2.05) is 42.5 Å². The number of aromatic nitrogens is 2. The summed E-state index contributed by atoms with van der Waals surface area (Å²) in [4.78, 5) is 16.1. The van der Waals surface area contributed by atoms with Crippen molar-refractivity contribution < 1.29 is 0 Å². The predicted octanol–water partition coefficient (Wildman–Crippen LogP) is 4.03. The molecule has 3 rings (SSSR count). The second-order valence-electron chi connectivity index (χ2n) is 4.36. The molecule has 1 aromatic heterocycles. The van der Waals surface area contributed by atoms with Crippen LogP contribution in [0.15, 0.2) is 59.5 Å². The number of benzene rings is 2. The highest BCUT2D eigenvalue weighted by Gasteiger charge is 2.14. The second-order valence-corrected chi connectivity index (χ2v) is 5.98. The number of fused-ring (bicyclic) bond motifs is 1. The van der Waals surface area contributed by atoms with Gasteiger partial charge in [0.25, 0.3) is 0 Å². The van der Waals surface area contributed by atoms with Gasteiger partial charge in [-0.05, 0) is 23.8 Å².